The van der Waals surface area contributed by atoms with Crippen LogP contribution in [0.1, 0.15) is 28.7 Å². The molecule has 1 heterocycles. The zero-order valence-corrected chi connectivity index (χ0v) is 22.3. The SMILES string of the molecule is COc1ccc(CN2C(=O)NCC2(CCOS(=O)(=O)c2ccc(C)cc2)Cc2ccc(C(F)(F)F)cc2)cc1. The zero-order valence-electron chi connectivity index (χ0n) is 21.5. The zero-order chi connectivity index (χ0) is 28.3. The lowest BCUT2D eigenvalue weighted by Gasteiger charge is -2.37. The normalized spacial score (nSPS) is 17.8. The van der Waals surface area contributed by atoms with E-state index >= 15 is 0 Å². The van der Waals surface area contributed by atoms with Gasteiger partial charge in [0, 0.05) is 13.1 Å². The number of carbonyl (C=O) groups excluding carboxylic acids is 1. The molecule has 1 saturated heterocycles. The summed E-state index contributed by atoms with van der Waals surface area (Å²) in [6, 6.07) is 17.8. The molecule has 11 heteroatoms. The fourth-order valence-electron chi connectivity index (χ4n) is 4.57. The molecule has 1 aliphatic heterocycles. The molecule has 2 amide bonds. The molecule has 39 heavy (non-hydrogen) atoms. The van der Waals surface area contributed by atoms with Gasteiger partial charge in [0.15, 0.2) is 0 Å². The molecule has 0 spiro atoms. The number of hydrogen-bond acceptors (Lipinski definition) is 5. The average molecular weight is 563 g/mol. The molecule has 7 nitrogen and oxygen atoms in total. The van der Waals surface area contributed by atoms with E-state index in [9.17, 15) is 26.4 Å². The van der Waals surface area contributed by atoms with Crippen LogP contribution in [0.3, 0.4) is 0 Å². The Hall–Kier alpha value is -3.57. The summed E-state index contributed by atoms with van der Waals surface area (Å²) in [5.74, 6) is 0.648. The van der Waals surface area contributed by atoms with Crippen molar-refractivity contribution in [2.24, 2.45) is 0 Å². The second-order valence-electron chi connectivity index (χ2n) is 9.53. The Kier molecular flexibility index (Phi) is 8.22. The number of amides is 2. The number of rotatable bonds is 10. The largest absolute Gasteiger partial charge is 0.497 e. The number of alkyl halides is 3. The highest BCUT2D eigenvalue weighted by molar-refractivity contribution is 7.86. The number of nitrogens with zero attached hydrogens (tertiary/aromatic N) is 1. The summed E-state index contributed by atoms with van der Waals surface area (Å²) in [6.07, 6.45) is -4.17. The summed E-state index contributed by atoms with van der Waals surface area (Å²) in [6.45, 7) is 1.97. The molecular formula is C28H29F3N2O5S. The summed E-state index contributed by atoms with van der Waals surface area (Å²) in [5, 5.41) is 2.82. The van der Waals surface area contributed by atoms with Gasteiger partial charge in [-0.1, -0.05) is 42.0 Å². The molecule has 208 valence electrons. The third-order valence-corrected chi connectivity index (χ3v) is 8.14. The van der Waals surface area contributed by atoms with Crippen molar-refractivity contribution in [1.29, 1.82) is 0 Å². The third-order valence-electron chi connectivity index (χ3n) is 6.82. The molecule has 0 saturated carbocycles. The molecule has 0 aliphatic carbocycles. The van der Waals surface area contributed by atoms with Gasteiger partial charge in [0.25, 0.3) is 10.1 Å². The maximum Gasteiger partial charge on any atom is 0.416 e. The Morgan fingerprint density at radius 3 is 2.15 bits per heavy atom. The van der Waals surface area contributed by atoms with Gasteiger partial charge in [0.1, 0.15) is 5.75 Å². The van der Waals surface area contributed by atoms with Crippen LogP contribution in [0.4, 0.5) is 18.0 Å². The Balaban J connectivity index is 1.60. The number of hydrogen-bond donors (Lipinski definition) is 1. The van der Waals surface area contributed by atoms with Crippen molar-refractivity contribution < 1.29 is 35.3 Å². The van der Waals surface area contributed by atoms with E-state index in [0.717, 1.165) is 23.3 Å². The highest BCUT2D eigenvalue weighted by atomic mass is 32.2. The van der Waals surface area contributed by atoms with Crippen molar-refractivity contribution in [2.75, 3.05) is 20.3 Å². The van der Waals surface area contributed by atoms with Crippen molar-refractivity contribution in [1.82, 2.24) is 10.2 Å². The summed E-state index contributed by atoms with van der Waals surface area (Å²) in [4.78, 5) is 14.6. The van der Waals surface area contributed by atoms with Gasteiger partial charge in [0.05, 0.1) is 29.7 Å². The van der Waals surface area contributed by atoms with Crippen molar-refractivity contribution in [3.8, 4) is 5.75 Å². The van der Waals surface area contributed by atoms with Crippen LogP contribution in [0.5, 0.6) is 5.75 Å². The summed E-state index contributed by atoms with van der Waals surface area (Å²) in [7, 11) is -2.51. The second kappa shape index (κ2) is 11.3. The molecule has 1 aliphatic rings. The van der Waals surface area contributed by atoms with E-state index in [1.54, 1.807) is 36.3 Å². The number of nitrogens with one attached hydrogen (secondary N) is 1. The van der Waals surface area contributed by atoms with Crippen molar-refractivity contribution in [2.45, 2.75) is 42.9 Å². The number of ether oxygens (including phenoxy) is 1. The highest BCUT2D eigenvalue weighted by Gasteiger charge is 2.45. The lowest BCUT2D eigenvalue weighted by Crippen LogP contribution is -2.49. The summed E-state index contributed by atoms with van der Waals surface area (Å²) >= 11 is 0. The Labute approximate surface area is 225 Å². The van der Waals surface area contributed by atoms with Gasteiger partial charge in [-0.05, 0) is 67.3 Å². The molecule has 0 bridgehead atoms. The monoisotopic (exact) mass is 562 g/mol. The van der Waals surface area contributed by atoms with Gasteiger partial charge in [-0.2, -0.15) is 21.6 Å². The molecule has 0 radical (unpaired) electrons. The van der Waals surface area contributed by atoms with Crippen LogP contribution in [0.25, 0.3) is 0 Å². The van der Waals surface area contributed by atoms with Gasteiger partial charge >= 0.3 is 12.2 Å². The Morgan fingerprint density at radius 2 is 1.56 bits per heavy atom. The van der Waals surface area contributed by atoms with Crippen LogP contribution in [0.15, 0.2) is 77.7 Å². The van der Waals surface area contributed by atoms with Crippen LogP contribution >= 0.6 is 0 Å². The molecule has 1 unspecified atom stereocenters. The first-order chi connectivity index (χ1) is 18.4. The number of urea groups is 1. The predicted octanol–water partition coefficient (Wildman–Crippen LogP) is 5.32. The minimum absolute atomic E-state index is 0.0144. The lowest BCUT2D eigenvalue weighted by molar-refractivity contribution is -0.137. The predicted molar refractivity (Wildman–Crippen MR) is 139 cm³/mol. The molecule has 1 atom stereocenters. The summed E-state index contributed by atoms with van der Waals surface area (Å²) in [5.41, 5.74) is 0.538. The number of carbonyl (C=O) groups is 1. The maximum atomic E-state index is 13.1. The van der Waals surface area contributed by atoms with E-state index in [0.29, 0.717) is 11.3 Å². The molecule has 0 aromatic heterocycles. The topological polar surface area (TPSA) is 84.9 Å². The first-order valence-corrected chi connectivity index (χ1v) is 13.6. The molecule has 3 aromatic carbocycles. The molecule has 4 rings (SSSR count). The van der Waals surface area contributed by atoms with Gasteiger partial charge < -0.3 is 15.0 Å². The number of aryl methyl sites for hydroxylation is 1. The van der Waals surface area contributed by atoms with E-state index in [2.05, 4.69) is 5.32 Å². The number of benzene rings is 3. The number of halogens is 3. The van der Waals surface area contributed by atoms with Crippen LogP contribution in [0, 0.1) is 6.92 Å². The van der Waals surface area contributed by atoms with Gasteiger partial charge in [0.2, 0.25) is 0 Å². The Bertz CT molecular complexity index is 1390. The van der Waals surface area contributed by atoms with E-state index in [4.69, 9.17) is 8.92 Å². The van der Waals surface area contributed by atoms with Gasteiger partial charge in [-0.25, -0.2) is 4.79 Å². The highest BCUT2D eigenvalue weighted by Crippen LogP contribution is 2.34. The van der Waals surface area contributed by atoms with Gasteiger partial charge in [-0.3, -0.25) is 4.18 Å². The van der Waals surface area contributed by atoms with E-state index in [1.165, 1.54) is 24.3 Å². The van der Waals surface area contributed by atoms with Crippen molar-refractivity contribution >= 4 is 16.1 Å². The lowest BCUT2D eigenvalue weighted by atomic mass is 9.86. The first kappa shape index (κ1) is 28.4. The summed E-state index contributed by atoms with van der Waals surface area (Å²) < 4.78 is 75.4. The number of methoxy groups -OCH3 is 1. The van der Waals surface area contributed by atoms with Crippen LogP contribution in [-0.2, 0) is 33.4 Å². The fourth-order valence-corrected chi connectivity index (χ4v) is 5.48. The van der Waals surface area contributed by atoms with Crippen LogP contribution in [0.2, 0.25) is 0 Å². The van der Waals surface area contributed by atoms with Crippen molar-refractivity contribution in [3.63, 3.8) is 0 Å². The molecular weight excluding hydrogens is 533 g/mol. The molecule has 1 N–H and O–H groups in total. The third kappa shape index (κ3) is 6.72. The quantitative estimate of drug-likeness (QED) is 0.338. The van der Waals surface area contributed by atoms with Crippen molar-refractivity contribution in [3.05, 3.63) is 95.1 Å². The smallest absolute Gasteiger partial charge is 0.416 e. The minimum Gasteiger partial charge on any atom is -0.497 e. The second-order valence-corrected chi connectivity index (χ2v) is 11.1. The Morgan fingerprint density at radius 1 is 0.949 bits per heavy atom. The maximum absolute atomic E-state index is 13.1. The molecule has 3 aromatic rings. The fraction of sp³-hybridized carbons (Fsp3) is 0.321. The van der Waals surface area contributed by atoms with Gasteiger partial charge in [-0.15, -0.1) is 0 Å². The van der Waals surface area contributed by atoms with E-state index in [1.807, 2.05) is 19.1 Å². The van der Waals surface area contributed by atoms with E-state index < -0.39 is 27.4 Å². The standard InChI is InChI=1S/C28H29F3N2O5S/c1-20-3-13-25(14-4-20)39(35,36)38-16-15-27(17-21-5-9-23(10-6-21)28(29,30)31)19-32-26(34)33(27)18-22-7-11-24(37-2)12-8-22/h3-14H,15-19H2,1-2H3,(H,32,34). The van der Waals surface area contributed by atoms with E-state index in [-0.39, 0.29) is 43.5 Å². The minimum atomic E-state index is -4.47. The molecule has 1 fully saturated rings. The van der Waals surface area contributed by atoms with Crippen LogP contribution in [-0.4, -0.2) is 45.1 Å². The average Bonchev–Trinajstić information content (AvgIpc) is 3.19. The van der Waals surface area contributed by atoms with Crippen LogP contribution < -0.4 is 10.1 Å². The first-order valence-electron chi connectivity index (χ1n) is 12.2.